The van der Waals surface area contributed by atoms with Gasteiger partial charge >= 0.3 is 0 Å². The van der Waals surface area contributed by atoms with Gasteiger partial charge in [-0.15, -0.1) is 0 Å². The SMILES string of the molecule is CCCCCCCCCCCCCCCCCC(CCCCCCC)[n+]1ccccc1. The van der Waals surface area contributed by atoms with E-state index in [-0.39, 0.29) is 0 Å². The van der Waals surface area contributed by atoms with Crippen molar-refractivity contribution >= 4 is 0 Å². The van der Waals surface area contributed by atoms with Gasteiger partial charge in [0.25, 0.3) is 0 Å². The van der Waals surface area contributed by atoms with Crippen molar-refractivity contribution in [2.45, 2.75) is 161 Å². The number of hydrogen-bond acceptors (Lipinski definition) is 0. The van der Waals surface area contributed by atoms with Crippen LogP contribution in [0.15, 0.2) is 30.6 Å². The molecule has 0 bridgehead atoms. The van der Waals surface area contributed by atoms with Crippen molar-refractivity contribution in [2.75, 3.05) is 0 Å². The molecule has 1 rings (SSSR count). The van der Waals surface area contributed by atoms with E-state index in [9.17, 15) is 0 Å². The monoisotopic (exact) mass is 430 g/mol. The quantitative estimate of drug-likeness (QED) is 0.120. The molecule has 1 atom stereocenters. The molecule has 0 amide bonds. The van der Waals surface area contributed by atoms with E-state index < -0.39 is 0 Å². The highest BCUT2D eigenvalue weighted by Crippen LogP contribution is 2.19. The second-order valence-corrected chi connectivity index (χ2v) is 9.92. The number of rotatable bonds is 23. The van der Waals surface area contributed by atoms with Gasteiger partial charge in [-0.1, -0.05) is 135 Å². The topological polar surface area (TPSA) is 3.88 Å². The largest absolute Gasteiger partial charge is 0.202 e. The molecule has 180 valence electrons. The van der Waals surface area contributed by atoms with Crippen molar-refractivity contribution < 1.29 is 4.57 Å². The van der Waals surface area contributed by atoms with E-state index in [2.05, 4.69) is 49.0 Å². The molecule has 1 unspecified atom stereocenters. The third-order valence-corrected chi connectivity index (χ3v) is 6.94. The maximum absolute atomic E-state index is 2.48. The van der Waals surface area contributed by atoms with Crippen LogP contribution in [0, 0.1) is 0 Å². The van der Waals surface area contributed by atoms with E-state index in [1.807, 2.05) is 0 Å². The molecule has 0 aromatic carbocycles. The standard InChI is InChI=1S/C30H56N/c1-3-5-7-9-10-11-12-13-14-15-16-17-18-20-23-27-30(26-22-19-8-6-4-2)31-28-24-21-25-29-31/h21,24-25,28-30H,3-20,22-23,26-27H2,1-2H3/q+1. The Hall–Kier alpha value is -0.850. The molecule has 0 fully saturated rings. The summed E-state index contributed by atoms with van der Waals surface area (Å²) >= 11 is 0. The molecule has 1 nitrogen and oxygen atoms in total. The Morgan fingerprint density at radius 3 is 1.10 bits per heavy atom. The molecule has 0 saturated heterocycles. The molecule has 1 heteroatoms. The lowest BCUT2D eigenvalue weighted by atomic mass is 9.99. The Bertz CT molecular complexity index is 455. The Morgan fingerprint density at radius 1 is 0.419 bits per heavy atom. The molecule has 0 aliphatic carbocycles. The molecule has 0 aliphatic heterocycles. The van der Waals surface area contributed by atoms with Crippen LogP contribution in [-0.4, -0.2) is 0 Å². The van der Waals surface area contributed by atoms with E-state index in [0.29, 0.717) is 6.04 Å². The summed E-state index contributed by atoms with van der Waals surface area (Å²) in [6, 6.07) is 7.24. The average molecular weight is 431 g/mol. The first-order chi connectivity index (χ1) is 15.4. The van der Waals surface area contributed by atoms with Crippen LogP contribution < -0.4 is 4.57 Å². The number of hydrogen-bond donors (Lipinski definition) is 0. The second kappa shape index (κ2) is 22.3. The molecule has 0 radical (unpaired) electrons. The summed E-state index contributed by atoms with van der Waals surface area (Å²) in [7, 11) is 0. The van der Waals surface area contributed by atoms with Gasteiger partial charge < -0.3 is 0 Å². The van der Waals surface area contributed by atoms with Gasteiger partial charge in [-0.2, -0.15) is 0 Å². The van der Waals surface area contributed by atoms with E-state index in [1.165, 1.54) is 141 Å². The number of pyridine rings is 1. The molecule has 1 aromatic rings. The summed E-state index contributed by atoms with van der Waals surface area (Å²) in [5, 5.41) is 0. The maximum atomic E-state index is 2.48. The fourth-order valence-electron chi connectivity index (χ4n) is 4.83. The van der Waals surface area contributed by atoms with Crippen LogP contribution in [0.3, 0.4) is 0 Å². The van der Waals surface area contributed by atoms with Crippen LogP contribution in [0.4, 0.5) is 0 Å². The van der Waals surface area contributed by atoms with Crippen molar-refractivity contribution in [3.8, 4) is 0 Å². The maximum Gasteiger partial charge on any atom is 0.169 e. The van der Waals surface area contributed by atoms with Gasteiger partial charge in [0.2, 0.25) is 0 Å². The summed E-state index contributed by atoms with van der Waals surface area (Å²) in [6.45, 7) is 4.61. The summed E-state index contributed by atoms with van der Waals surface area (Å²) < 4.78 is 2.48. The van der Waals surface area contributed by atoms with Gasteiger partial charge in [0, 0.05) is 25.0 Å². The minimum absolute atomic E-state index is 0.713. The van der Waals surface area contributed by atoms with Crippen LogP contribution in [-0.2, 0) is 0 Å². The smallest absolute Gasteiger partial charge is 0.169 e. The molecule has 0 N–H and O–H groups in total. The highest BCUT2D eigenvalue weighted by Gasteiger charge is 2.16. The van der Waals surface area contributed by atoms with Gasteiger partial charge in [-0.25, -0.2) is 4.57 Å². The van der Waals surface area contributed by atoms with Gasteiger partial charge in [0.1, 0.15) is 0 Å². The first-order valence-corrected chi connectivity index (χ1v) is 14.3. The summed E-state index contributed by atoms with van der Waals surface area (Å²) in [6.07, 6.45) is 36.0. The van der Waals surface area contributed by atoms with Gasteiger partial charge in [-0.3, -0.25) is 0 Å². The minimum atomic E-state index is 0.713. The third kappa shape index (κ3) is 17.4. The predicted octanol–water partition coefficient (Wildman–Crippen LogP) is 10.1. The zero-order chi connectivity index (χ0) is 22.2. The summed E-state index contributed by atoms with van der Waals surface area (Å²) in [5.74, 6) is 0. The predicted molar refractivity (Wildman–Crippen MR) is 139 cm³/mol. The average Bonchev–Trinajstić information content (AvgIpc) is 2.80. The zero-order valence-corrected chi connectivity index (χ0v) is 21.5. The van der Waals surface area contributed by atoms with Crippen molar-refractivity contribution in [3.05, 3.63) is 30.6 Å². The first kappa shape index (κ1) is 28.2. The highest BCUT2D eigenvalue weighted by molar-refractivity contribution is 4.84. The van der Waals surface area contributed by atoms with Crippen LogP contribution in [0.25, 0.3) is 0 Å². The van der Waals surface area contributed by atoms with E-state index >= 15 is 0 Å². The molecule has 0 saturated carbocycles. The molecule has 1 heterocycles. The van der Waals surface area contributed by atoms with E-state index in [0.717, 1.165) is 0 Å². The number of aromatic nitrogens is 1. The van der Waals surface area contributed by atoms with Crippen molar-refractivity contribution in [2.24, 2.45) is 0 Å². The zero-order valence-electron chi connectivity index (χ0n) is 21.5. The van der Waals surface area contributed by atoms with E-state index in [1.54, 1.807) is 0 Å². The van der Waals surface area contributed by atoms with Gasteiger partial charge in [-0.05, 0) is 12.8 Å². The number of unbranched alkanes of at least 4 members (excludes halogenated alkanes) is 18. The Morgan fingerprint density at radius 2 is 0.742 bits per heavy atom. The first-order valence-electron chi connectivity index (χ1n) is 14.3. The van der Waals surface area contributed by atoms with E-state index in [4.69, 9.17) is 0 Å². The molecule has 1 aromatic heterocycles. The Balaban J connectivity index is 1.99. The van der Waals surface area contributed by atoms with Crippen LogP contribution in [0.2, 0.25) is 0 Å². The van der Waals surface area contributed by atoms with Crippen molar-refractivity contribution in [1.29, 1.82) is 0 Å². The minimum Gasteiger partial charge on any atom is -0.202 e. The number of nitrogens with zero attached hydrogens (tertiary/aromatic N) is 1. The lowest BCUT2D eigenvalue weighted by molar-refractivity contribution is -0.724. The molecular weight excluding hydrogens is 374 g/mol. The summed E-state index contributed by atoms with van der Waals surface area (Å²) in [4.78, 5) is 0. The van der Waals surface area contributed by atoms with Crippen LogP contribution in [0.1, 0.15) is 161 Å². The van der Waals surface area contributed by atoms with Gasteiger partial charge in [0.15, 0.2) is 18.4 Å². The van der Waals surface area contributed by atoms with Crippen molar-refractivity contribution in [1.82, 2.24) is 0 Å². The van der Waals surface area contributed by atoms with Crippen LogP contribution in [0.5, 0.6) is 0 Å². The Labute approximate surface area is 196 Å². The third-order valence-electron chi connectivity index (χ3n) is 6.94. The molecular formula is C30H56N+. The highest BCUT2D eigenvalue weighted by atomic mass is 15.0. The van der Waals surface area contributed by atoms with Crippen LogP contribution >= 0.6 is 0 Å². The fraction of sp³-hybridized carbons (Fsp3) is 0.833. The molecule has 31 heavy (non-hydrogen) atoms. The lowest BCUT2D eigenvalue weighted by Crippen LogP contribution is -2.38. The molecule has 0 aliphatic rings. The summed E-state index contributed by atoms with van der Waals surface area (Å²) in [5.41, 5.74) is 0. The second-order valence-electron chi connectivity index (χ2n) is 9.92. The van der Waals surface area contributed by atoms with Gasteiger partial charge in [0.05, 0.1) is 0 Å². The molecule has 0 spiro atoms. The normalized spacial score (nSPS) is 12.3. The lowest BCUT2D eigenvalue weighted by Gasteiger charge is -2.12. The Kier molecular flexibility index (Phi) is 20.3. The fourth-order valence-corrected chi connectivity index (χ4v) is 4.83. The van der Waals surface area contributed by atoms with Crippen molar-refractivity contribution in [3.63, 3.8) is 0 Å².